The van der Waals surface area contributed by atoms with Gasteiger partial charge in [0.05, 0.1) is 0 Å². The number of benzene rings is 2. The summed E-state index contributed by atoms with van der Waals surface area (Å²) in [6, 6.07) is 15.9. The molecular formula is C15H17N3S. The molecule has 0 atom stereocenters. The van der Waals surface area contributed by atoms with E-state index in [1.165, 1.54) is 0 Å². The van der Waals surface area contributed by atoms with Gasteiger partial charge in [-0.15, -0.1) is 0 Å². The highest BCUT2D eigenvalue weighted by Crippen LogP contribution is 2.23. The zero-order valence-electron chi connectivity index (χ0n) is 11.1. The van der Waals surface area contributed by atoms with E-state index >= 15 is 0 Å². The van der Waals surface area contributed by atoms with Crippen LogP contribution in [0, 0.1) is 0 Å². The third-order valence-corrected chi connectivity index (χ3v) is 3.05. The summed E-state index contributed by atoms with van der Waals surface area (Å²) in [6.45, 7) is 0. The molecule has 2 aromatic rings. The molecule has 2 aromatic carbocycles. The molecule has 3 N–H and O–H groups in total. The van der Waals surface area contributed by atoms with Crippen LogP contribution in [-0.4, -0.2) is 19.1 Å². The molecule has 0 aliphatic heterocycles. The standard InChI is InChI=1S/C15H17N3S/c1-18(2)12-7-5-6-11(10-12)17-14-9-4-3-8-13(14)15(16)19/h3-10,17H,1-2H3,(H2,16,19). The highest BCUT2D eigenvalue weighted by atomic mass is 32.1. The van der Waals surface area contributed by atoms with Crippen LogP contribution in [0.2, 0.25) is 0 Å². The minimum absolute atomic E-state index is 0.395. The molecule has 0 fully saturated rings. The first-order valence-electron chi connectivity index (χ1n) is 6.01. The van der Waals surface area contributed by atoms with Crippen molar-refractivity contribution in [1.29, 1.82) is 0 Å². The SMILES string of the molecule is CN(C)c1cccc(Nc2ccccc2C(N)=S)c1. The molecule has 0 heterocycles. The molecule has 0 bridgehead atoms. The number of nitrogens with two attached hydrogens (primary N) is 1. The molecule has 19 heavy (non-hydrogen) atoms. The van der Waals surface area contributed by atoms with Crippen molar-refractivity contribution in [1.82, 2.24) is 0 Å². The number of thiocarbonyl (C=S) groups is 1. The molecule has 3 nitrogen and oxygen atoms in total. The summed E-state index contributed by atoms with van der Waals surface area (Å²) in [7, 11) is 4.03. The van der Waals surface area contributed by atoms with E-state index in [4.69, 9.17) is 18.0 Å². The largest absolute Gasteiger partial charge is 0.389 e. The van der Waals surface area contributed by atoms with Crippen LogP contribution in [0.25, 0.3) is 0 Å². The van der Waals surface area contributed by atoms with E-state index in [1.54, 1.807) is 0 Å². The van der Waals surface area contributed by atoms with E-state index in [0.29, 0.717) is 4.99 Å². The second-order valence-corrected chi connectivity index (χ2v) is 4.92. The van der Waals surface area contributed by atoms with Gasteiger partial charge in [0.2, 0.25) is 0 Å². The Morgan fingerprint density at radius 2 is 1.84 bits per heavy atom. The van der Waals surface area contributed by atoms with E-state index in [9.17, 15) is 0 Å². The van der Waals surface area contributed by atoms with Crippen LogP contribution in [-0.2, 0) is 0 Å². The molecule has 2 rings (SSSR count). The Bertz CT molecular complexity index is 593. The number of anilines is 3. The van der Waals surface area contributed by atoms with Crippen LogP contribution in [0.4, 0.5) is 17.1 Å². The zero-order valence-corrected chi connectivity index (χ0v) is 11.9. The number of hydrogen-bond donors (Lipinski definition) is 2. The Morgan fingerprint density at radius 1 is 1.11 bits per heavy atom. The lowest BCUT2D eigenvalue weighted by Gasteiger charge is -2.15. The average molecular weight is 271 g/mol. The van der Waals surface area contributed by atoms with E-state index < -0.39 is 0 Å². The normalized spacial score (nSPS) is 10.0. The fourth-order valence-electron chi connectivity index (χ4n) is 1.82. The molecule has 0 aromatic heterocycles. The van der Waals surface area contributed by atoms with Gasteiger partial charge in [-0.3, -0.25) is 0 Å². The maximum absolute atomic E-state index is 5.73. The Labute approximate surface area is 119 Å². The third-order valence-electron chi connectivity index (χ3n) is 2.83. The van der Waals surface area contributed by atoms with Crippen molar-refractivity contribution >= 4 is 34.3 Å². The molecule has 4 heteroatoms. The molecule has 98 valence electrons. The lowest BCUT2D eigenvalue weighted by Crippen LogP contribution is -2.12. The van der Waals surface area contributed by atoms with Crippen LogP contribution < -0.4 is 16.0 Å². The topological polar surface area (TPSA) is 41.3 Å². The summed E-state index contributed by atoms with van der Waals surface area (Å²) in [5.41, 5.74) is 9.65. The minimum atomic E-state index is 0.395. The smallest absolute Gasteiger partial charge is 0.106 e. The number of para-hydroxylation sites is 1. The van der Waals surface area contributed by atoms with Crippen molar-refractivity contribution in [2.75, 3.05) is 24.3 Å². The monoisotopic (exact) mass is 271 g/mol. The van der Waals surface area contributed by atoms with Crippen molar-refractivity contribution in [3.63, 3.8) is 0 Å². The first-order chi connectivity index (χ1) is 9.08. The van der Waals surface area contributed by atoms with Crippen LogP contribution in [0.15, 0.2) is 48.5 Å². The number of rotatable bonds is 4. The molecule has 0 amide bonds. The predicted molar refractivity (Wildman–Crippen MR) is 86.4 cm³/mol. The van der Waals surface area contributed by atoms with E-state index in [-0.39, 0.29) is 0 Å². The van der Waals surface area contributed by atoms with E-state index in [1.807, 2.05) is 50.5 Å². The maximum Gasteiger partial charge on any atom is 0.106 e. The molecule has 0 aliphatic rings. The second-order valence-electron chi connectivity index (χ2n) is 4.48. The van der Waals surface area contributed by atoms with Crippen molar-refractivity contribution < 1.29 is 0 Å². The van der Waals surface area contributed by atoms with Gasteiger partial charge in [-0.2, -0.15) is 0 Å². The summed E-state index contributed by atoms with van der Waals surface area (Å²) in [5.74, 6) is 0. The molecule has 0 spiro atoms. The highest BCUT2D eigenvalue weighted by Gasteiger charge is 2.05. The van der Waals surface area contributed by atoms with Crippen LogP contribution in [0.3, 0.4) is 0 Å². The van der Waals surface area contributed by atoms with Crippen LogP contribution >= 0.6 is 12.2 Å². The zero-order chi connectivity index (χ0) is 13.8. The Hall–Kier alpha value is -2.07. The van der Waals surface area contributed by atoms with Crippen molar-refractivity contribution in [2.24, 2.45) is 5.73 Å². The van der Waals surface area contributed by atoms with E-state index in [2.05, 4.69) is 22.3 Å². The molecule has 0 unspecified atom stereocenters. The van der Waals surface area contributed by atoms with E-state index in [0.717, 1.165) is 22.6 Å². The van der Waals surface area contributed by atoms with Gasteiger partial charge >= 0.3 is 0 Å². The Kier molecular flexibility index (Phi) is 4.02. The number of hydrogen-bond acceptors (Lipinski definition) is 3. The Balaban J connectivity index is 2.31. The summed E-state index contributed by atoms with van der Waals surface area (Å²) in [4.78, 5) is 2.46. The summed E-state index contributed by atoms with van der Waals surface area (Å²) in [6.07, 6.45) is 0. The molecule has 0 aliphatic carbocycles. The van der Waals surface area contributed by atoms with Crippen LogP contribution in [0.1, 0.15) is 5.56 Å². The summed E-state index contributed by atoms with van der Waals surface area (Å²) in [5, 5.41) is 3.35. The Morgan fingerprint density at radius 3 is 2.53 bits per heavy atom. The summed E-state index contributed by atoms with van der Waals surface area (Å²) >= 11 is 5.06. The molecular weight excluding hydrogens is 254 g/mol. The molecule has 0 saturated heterocycles. The highest BCUT2D eigenvalue weighted by molar-refractivity contribution is 7.80. The van der Waals surface area contributed by atoms with Gasteiger partial charge in [0.1, 0.15) is 4.99 Å². The van der Waals surface area contributed by atoms with Crippen molar-refractivity contribution in [3.8, 4) is 0 Å². The number of nitrogens with one attached hydrogen (secondary N) is 1. The molecule has 0 saturated carbocycles. The van der Waals surface area contributed by atoms with Gasteiger partial charge in [0.15, 0.2) is 0 Å². The van der Waals surface area contributed by atoms with Crippen LogP contribution in [0.5, 0.6) is 0 Å². The summed E-state index contributed by atoms with van der Waals surface area (Å²) < 4.78 is 0. The lowest BCUT2D eigenvalue weighted by molar-refractivity contribution is 1.13. The first kappa shape index (κ1) is 13.4. The fraction of sp³-hybridized carbons (Fsp3) is 0.133. The van der Waals surface area contributed by atoms with Gasteiger partial charge in [-0.25, -0.2) is 0 Å². The van der Waals surface area contributed by atoms with Gasteiger partial charge in [0, 0.05) is 36.7 Å². The fourth-order valence-corrected chi connectivity index (χ4v) is 2.00. The predicted octanol–water partition coefficient (Wildman–Crippen LogP) is 3.13. The third kappa shape index (κ3) is 3.23. The van der Waals surface area contributed by atoms with Gasteiger partial charge in [0.25, 0.3) is 0 Å². The lowest BCUT2D eigenvalue weighted by atomic mass is 10.1. The first-order valence-corrected chi connectivity index (χ1v) is 6.42. The van der Waals surface area contributed by atoms with Crippen molar-refractivity contribution in [3.05, 3.63) is 54.1 Å². The number of nitrogens with zero attached hydrogens (tertiary/aromatic N) is 1. The quantitative estimate of drug-likeness (QED) is 0.838. The minimum Gasteiger partial charge on any atom is -0.389 e. The molecule has 0 radical (unpaired) electrons. The van der Waals surface area contributed by atoms with Gasteiger partial charge < -0.3 is 16.0 Å². The average Bonchev–Trinajstić information content (AvgIpc) is 2.39. The van der Waals surface area contributed by atoms with Gasteiger partial charge in [-0.1, -0.05) is 30.4 Å². The van der Waals surface area contributed by atoms with Gasteiger partial charge in [-0.05, 0) is 30.3 Å². The maximum atomic E-state index is 5.73. The van der Waals surface area contributed by atoms with Crippen molar-refractivity contribution in [2.45, 2.75) is 0 Å². The second kappa shape index (κ2) is 5.71.